The van der Waals surface area contributed by atoms with E-state index >= 15 is 0 Å². The summed E-state index contributed by atoms with van der Waals surface area (Å²) in [4.78, 5) is 26.1. The lowest BCUT2D eigenvalue weighted by Gasteiger charge is -2.08. The molecule has 10 nitrogen and oxygen atoms in total. The van der Waals surface area contributed by atoms with Gasteiger partial charge in [0.25, 0.3) is 5.91 Å². The molecular weight excluding hydrogens is 424 g/mol. The molecule has 2 heterocycles. The fourth-order valence-electron chi connectivity index (χ4n) is 2.75. The molecule has 4 aromatic rings. The number of nitrogens with one attached hydrogen (secondary N) is 3. The van der Waals surface area contributed by atoms with E-state index in [9.17, 15) is 18.0 Å². The molecule has 31 heavy (non-hydrogen) atoms. The van der Waals surface area contributed by atoms with Gasteiger partial charge in [-0.15, -0.1) is 0 Å². The monoisotopic (exact) mass is 440 g/mol. The van der Waals surface area contributed by atoms with E-state index in [2.05, 4.69) is 24.7 Å². The summed E-state index contributed by atoms with van der Waals surface area (Å²) in [7, 11) is -3.76. The SMILES string of the molecule is O=C(Nc1cccc(-c2noc(=O)[nH]2)c1)c1ccc(S(=O)(=O)NCc2ccco2)cc1. The minimum absolute atomic E-state index is 0.0185. The number of sulfonamides is 1. The molecule has 0 bridgehead atoms. The first-order valence-corrected chi connectivity index (χ1v) is 10.5. The Balaban J connectivity index is 1.44. The first-order valence-electron chi connectivity index (χ1n) is 9.01. The molecule has 4 rings (SSSR count). The third kappa shape index (κ3) is 4.79. The van der Waals surface area contributed by atoms with Crippen molar-refractivity contribution in [3.05, 3.63) is 88.8 Å². The number of carbonyl (C=O) groups is 1. The van der Waals surface area contributed by atoms with Crippen LogP contribution in [0.25, 0.3) is 11.4 Å². The number of anilines is 1. The number of benzene rings is 2. The summed E-state index contributed by atoms with van der Waals surface area (Å²) < 4.78 is 36.8. The topological polar surface area (TPSA) is 147 Å². The van der Waals surface area contributed by atoms with Crippen molar-refractivity contribution in [2.45, 2.75) is 11.4 Å². The van der Waals surface area contributed by atoms with Crippen molar-refractivity contribution in [3.63, 3.8) is 0 Å². The van der Waals surface area contributed by atoms with Gasteiger partial charge in [-0.05, 0) is 48.5 Å². The Morgan fingerprint density at radius 2 is 1.87 bits per heavy atom. The molecule has 0 spiro atoms. The minimum Gasteiger partial charge on any atom is -0.468 e. The fraction of sp³-hybridized carbons (Fsp3) is 0.0500. The summed E-state index contributed by atoms with van der Waals surface area (Å²) in [5, 5.41) is 6.31. The number of nitrogens with zero attached hydrogens (tertiary/aromatic N) is 1. The lowest BCUT2D eigenvalue weighted by molar-refractivity contribution is 0.102. The second-order valence-corrected chi connectivity index (χ2v) is 8.17. The molecule has 0 atom stereocenters. The summed E-state index contributed by atoms with van der Waals surface area (Å²) in [6.45, 7) is 0.0185. The Morgan fingerprint density at radius 1 is 1.06 bits per heavy atom. The molecule has 0 aliphatic heterocycles. The van der Waals surface area contributed by atoms with Crippen molar-refractivity contribution >= 4 is 21.6 Å². The van der Waals surface area contributed by atoms with Crippen LogP contribution in [0.4, 0.5) is 5.69 Å². The third-order valence-corrected chi connectivity index (χ3v) is 5.69. The van der Waals surface area contributed by atoms with Crippen LogP contribution in [-0.2, 0) is 16.6 Å². The van der Waals surface area contributed by atoms with E-state index in [1.54, 1.807) is 36.4 Å². The van der Waals surface area contributed by atoms with Crippen molar-refractivity contribution in [2.75, 3.05) is 5.32 Å². The van der Waals surface area contributed by atoms with Crippen LogP contribution in [0.3, 0.4) is 0 Å². The lowest BCUT2D eigenvalue weighted by Crippen LogP contribution is -2.23. The van der Waals surface area contributed by atoms with Crippen molar-refractivity contribution in [3.8, 4) is 11.4 Å². The molecular formula is C20H16N4O6S. The number of hydrogen-bond donors (Lipinski definition) is 3. The van der Waals surface area contributed by atoms with E-state index < -0.39 is 21.7 Å². The van der Waals surface area contributed by atoms with Crippen molar-refractivity contribution in [1.29, 1.82) is 0 Å². The van der Waals surface area contributed by atoms with E-state index in [-0.39, 0.29) is 22.8 Å². The molecule has 0 unspecified atom stereocenters. The van der Waals surface area contributed by atoms with Crippen molar-refractivity contribution in [1.82, 2.24) is 14.9 Å². The van der Waals surface area contributed by atoms with Gasteiger partial charge in [-0.2, -0.15) is 0 Å². The van der Waals surface area contributed by atoms with Crippen LogP contribution < -0.4 is 15.8 Å². The second kappa shape index (κ2) is 8.42. The Labute approximate surface area is 175 Å². The highest BCUT2D eigenvalue weighted by Crippen LogP contribution is 2.19. The van der Waals surface area contributed by atoms with Crippen LogP contribution in [0.2, 0.25) is 0 Å². The highest BCUT2D eigenvalue weighted by Gasteiger charge is 2.16. The molecule has 0 saturated heterocycles. The van der Waals surface area contributed by atoms with Gasteiger partial charge in [0.15, 0.2) is 5.82 Å². The number of hydrogen-bond acceptors (Lipinski definition) is 7. The maximum absolute atomic E-state index is 12.5. The van der Waals surface area contributed by atoms with Gasteiger partial charge >= 0.3 is 5.76 Å². The average Bonchev–Trinajstić information content (AvgIpc) is 3.44. The summed E-state index contributed by atoms with van der Waals surface area (Å²) in [5.74, 6) is -0.398. The van der Waals surface area contributed by atoms with Gasteiger partial charge < -0.3 is 9.73 Å². The van der Waals surface area contributed by atoms with Crippen LogP contribution in [0.5, 0.6) is 0 Å². The van der Waals surface area contributed by atoms with Gasteiger partial charge in [0.2, 0.25) is 10.0 Å². The van der Waals surface area contributed by atoms with Crippen LogP contribution >= 0.6 is 0 Å². The Bertz CT molecular complexity index is 1360. The summed E-state index contributed by atoms with van der Waals surface area (Å²) in [5.41, 5.74) is 1.28. The number of rotatable bonds is 7. The standard InChI is InChI=1S/C20H16N4O6S/c25-19(22-15-4-1-3-14(11-15)18-23-20(26)30-24-18)13-6-8-17(9-7-13)31(27,28)21-12-16-5-2-10-29-16/h1-11,21H,12H2,(H,22,25)(H,23,24,26). The quantitative estimate of drug-likeness (QED) is 0.400. The predicted octanol–water partition coefficient (Wildman–Crippen LogP) is 2.35. The van der Waals surface area contributed by atoms with Gasteiger partial charge in [0, 0.05) is 16.8 Å². The van der Waals surface area contributed by atoms with Gasteiger partial charge in [-0.1, -0.05) is 17.3 Å². The minimum atomic E-state index is -3.76. The summed E-state index contributed by atoms with van der Waals surface area (Å²) in [6.07, 6.45) is 1.46. The first kappa shape index (κ1) is 20.3. The molecule has 0 aliphatic carbocycles. The Kier molecular flexibility index (Phi) is 5.52. The largest absolute Gasteiger partial charge is 0.468 e. The van der Waals surface area contributed by atoms with Crippen molar-refractivity contribution in [2.24, 2.45) is 0 Å². The number of aromatic amines is 1. The predicted molar refractivity (Wildman–Crippen MR) is 110 cm³/mol. The molecule has 158 valence electrons. The van der Waals surface area contributed by atoms with Crippen LogP contribution in [0.1, 0.15) is 16.1 Å². The highest BCUT2D eigenvalue weighted by atomic mass is 32.2. The van der Waals surface area contributed by atoms with E-state index in [4.69, 9.17) is 4.42 Å². The number of amides is 1. The van der Waals surface area contributed by atoms with Gasteiger partial charge in [-0.3, -0.25) is 14.3 Å². The number of aromatic nitrogens is 2. The Hall–Kier alpha value is -3.96. The molecule has 3 N–H and O–H groups in total. The molecule has 0 aliphatic rings. The molecule has 2 aromatic heterocycles. The van der Waals surface area contributed by atoms with E-state index in [1.165, 1.54) is 30.5 Å². The Morgan fingerprint density at radius 3 is 2.55 bits per heavy atom. The van der Waals surface area contributed by atoms with Crippen molar-refractivity contribution < 1.29 is 22.2 Å². The van der Waals surface area contributed by atoms with Crippen LogP contribution in [0, 0.1) is 0 Å². The van der Waals surface area contributed by atoms with E-state index in [1.807, 2.05) is 0 Å². The first-order chi connectivity index (χ1) is 14.9. The van der Waals surface area contributed by atoms with Gasteiger partial charge in [-0.25, -0.2) is 17.9 Å². The third-order valence-electron chi connectivity index (χ3n) is 4.28. The van der Waals surface area contributed by atoms with E-state index in [0.717, 1.165) is 0 Å². The zero-order chi connectivity index (χ0) is 21.8. The average molecular weight is 440 g/mol. The zero-order valence-electron chi connectivity index (χ0n) is 15.9. The smallest absolute Gasteiger partial charge is 0.439 e. The lowest BCUT2D eigenvalue weighted by atomic mass is 10.1. The summed E-state index contributed by atoms with van der Waals surface area (Å²) >= 11 is 0. The number of furan rings is 1. The fourth-order valence-corrected chi connectivity index (χ4v) is 3.74. The molecule has 2 aromatic carbocycles. The molecule has 0 fully saturated rings. The molecule has 0 saturated carbocycles. The number of carbonyl (C=O) groups excluding carboxylic acids is 1. The highest BCUT2D eigenvalue weighted by molar-refractivity contribution is 7.89. The second-order valence-electron chi connectivity index (χ2n) is 6.41. The van der Waals surface area contributed by atoms with Crippen LogP contribution in [-0.4, -0.2) is 24.5 Å². The van der Waals surface area contributed by atoms with Gasteiger partial charge in [0.1, 0.15) is 5.76 Å². The van der Waals surface area contributed by atoms with E-state index in [0.29, 0.717) is 17.0 Å². The normalized spacial score (nSPS) is 11.4. The molecule has 11 heteroatoms. The van der Waals surface area contributed by atoms with Crippen LogP contribution in [0.15, 0.2) is 85.6 Å². The maximum atomic E-state index is 12.5. The zero-order valence-corrected chi connectivity index (χ0v) is 16.7. The number of H-pyrrole nitrogens is 1. The molecule has 1 amide bonds. The van der Waals surface area contributed by atoms with Gasteiger partial charge in [0.05, 0.1) is 17.7 Å². The molecule has 0 radical (unpaired) electrons. The summed E-state index contributed by atoms with van der Waals surface area (Å²) in [6, 6.07) is 15.5. The maximum Gasteiger partial charge on any atom is 0.439 e.